The minimum Gasteiger partial charge on any atom is -0.372 e. The summed E-state index contributed by atoms with van der Waals surface area (Å²) >= 11 is 3.47. The smallest absolute Gasteiger partial charge is 0.144 e. The Hall–Kier alpha value is -0.670. The van der Waals surface area contributed by atoms with E-state index in [-0.39, 0.29) is 11.5 Å². The minimum absolute atomic E-state index is 0.121. The molecule has 19 heavy (non-hydrogen) atoms. The fraction of sp³-hybridized carbons (Fsp3) is 0.562. The number of Topliss-reactive ketones (excluding diaryl/α,β-unsaturated/α-hetero) is 1. The van der Waals surface area contributed by atoms with E-state index in [1.54, 1.807) is 0 Å². The van der Waals surface area contributed by atoms with Gasteiger partial charge in [0.25, 0.3) is 0 Å². The summed E-state index contributed by atoms with van der Waals surface area (Å²) < 4.78 is 7.12. The number of ether oxygens (including phenoxy) is 1. The van der Waals surface area contributed by atoms with Crippen LogP contribution in [0.15, 0.2) is 28.7 Å². The van der Waals surface area contributed by atoms with Gasteiger partial charge in [0.1, 0.15) is 5.78 Å². The summed E-state index contributed by atoms with van der Waals surface area (Å²) in [5.41, 5.74) is 1.05. The van der Waals surface area contributed by atoms with Crippen LogP contribution in [0.2, 0.25) is 0 Å². The molecule has 3 heteroatoms. The van der Waals surface area contributed by atoms with Crippen molar-refractivity contribution in [3.8, 4) is 0 Å². The first-order chi connectivity index (χ1) is 9.21. The summed E-state index contributed by atoms with van der Waals surface area (Å²) in [4.78, 5) is 12.0. The molecule has 0 bridgehead atoms. The van der Waals surface area contributed by atoms with E-state index in [9.17, 15) is 4.79 Å². The third kappa shape index (κ3) is 2.50. The first-order valence-corrected chi connectivity index (χ1v) is 7.89. The summed E-state index contributed by atoms with van der Waals surface area (Å²) in [5.74, 6) is 0.437. The fourth-order valence-electron chi connectivity index (χ4n) is 3.44. The van der Waals surface area contributed by atoms with Crippen molar-refractivity contribution in [3.05, 3.63) is 34.3 Å². The van der Waals surface area contributed by atoms with Crippen LogP contribution in [0, 0.1) is 5.41 Å². The van der Waals surface area contributed by atoms with Gasteiger partial charge in [-0.05, 0) is 30.5 Å². The van der Waals surface area contributed by atoms with Gasteiger partial charge in [0.2, 0.25) is 0 Å². The predicted octanol–water partition coefficient (Wildman–Crippen LogP) is 4.26. The molecule has 0 heterocycles. The van der Waals surface area contributed by atoms with E-state index in [0.717, 1.165) is 17.3 Å². The van der Waals surface area contributed by atoms with Crippen LogP contribution in [0.1, 0.15) is 44.1 Å². The summed E-state index contributed by atoms with van der Waals surface area (Å²) in [7, 11) is 0. The zero-order valence-electron chi connectivity index (χ0n) is 11.0. The number of benzene rings is 1. The SMILES string of the molecule is O=C1CC(OCc2cccc(Br)c2)C12CCCCC2. The molecule has 2 saturated carbocycles. The van der Waals surface area contributed by atoms with Gasteiger partial charge in [-0.1, -0.05) is 47.3 Å². The normalized spacial score (nSPS) is 25.3. The van der Waals surface area contributed by atoms with Crippen LogP contribution < -0.4 is 0 Å². The van der Waals surface area contributed by atoms with E-state index in [0.29, 0.717) is 18.8 Å². The van der Waals surface area contributed by atoms with Crippen LogP contribution in [0.5, 0.6) is 0 Å². The van der Waals surface area contributed by atoms with Gasteiger partial charge >= 0.3 is 0 Å². The molecule has 0 aliphatic heterocycles. The average Bonchev–Trinajstić information content (AvgIpc) is 2.44. The number of rotatable bonds is 3. The zero-order chi connectivity index (χ0) is 13.3. The summed E-state index contributed by atoms with van der Waals surface area (Å²) in [6, 6.07) is 8.18. The van der Waals surface area contributed by atoms with Crippen LogP contribution in [-0.2, 0) is 16.1 Å². The van der Waals surface area contributed by atoms with Gasteiger partial charge in [-0.25, -0.2) is 0 Å². The number of hydrogen-bond acceptors (Lipinski definition) is 2. The molecule has 102 valence electrons. The van der Waals surface area contributed by atoms with E-state index in [2.05, 4.69) is 28.1 Å². The Morgan fingerprint density at radius 1 is 1.26 bits per heavy atom. The van der Waals surface area contributed by atoms with Crippen molar-refractivity contribution in [2.45, 2.75) is 51.2 Å². The van der Waals surface area contributed by atoms with E-state index >= 15 is 0 Å². The van der Waals surface area contributed by atoms with Gasteiger partial charge < -0.3 is 4.74 Å². The van der Waals surface area contributed by atoms with Gasteiger partial charge in [-0.15, -0.1) is 0 Å². The minimum atomic E-state index is -0.121. The molecule has 0 aromatic heterocycles. The quantitative estimate of drug-likeness (QED) is 0.831. The van der Waals surface area contributed by atoms with Gasteiger partial charge in [-0.3, -0.25) is 4.79 Å². The lowest BCUT2D eigenvalue weighted by Gasteiger charge is -2.49. The molecule has 0 radical (unpaired) electrons. The maximum Gasteiger partial charge on any atom is 0.144 e. The number of ketones is 1. The first kappa shape index (κ1) is 13.3. The van der Waals surface area contributed by atoms with E-state index < -0.39 is 0 Å². The topological polar surface area (TPSA) is 26.3 Å². The zero-order valence-corrected chi connectivity index (χ0v) is 12.6. The van der Waals surface area contributed by atoms with Crippen molar-refractivity contribution in [2.75, 3.05) is 0 Å². The maximum absolute atomic E-state index is 12.0. The molecule has 1 spiro atoms. The Morgan fingerprint density at radius 3 is 2.74 bits per heavy atom. The molecular weight excluding hydrogens is 304 g/mol. The van der Waals surface area contributed by atoms with Gasteiger partial charge in [0.05, 0.1) is 18.1 Å². The second kappa shape index (κ2) is 5.37. The van der Waals surface area contributed by atoms with Crippen LogP contribution in [0.25, 0.3) is 0 Å². The molecule has 2 aliphatic rings. The highest BCUT2D eigenvalue weighted by molar-refractivity contribution is 9.10. The lowest BCUT2D eigenvalue weighted by Crippen LogP contribution is -2.56. The molecule has 0 N–H and O–H groups in total. The second-order valence-electron chi connectivity index (χ2n) is 5.77. The second-order valence-corrected chi connectivity index (χ2v) is 6.69. The summed E-state index contributed by atoms with van der Waals surface area (Å²) in [5, 5.41) is 0. The van der Waals surface area contributed by atoms with Crippen molar-refractivity contribution in [2.24, 2.45) is 5.41 Å². The van der Waals surface area contributed by atoms with Crippen LogP contribution >= 0.6 is 15.9 Å². The Balaban J connectivity index is 1.63. The van der Waals surface area contributed by atoms with Crippen molar-refractivity contribution in [1.82, 2.24) is 0 Å². The Labute approximate surface area is 122 Å². The van der Waals surface area contributed by atoms with Crippen molar-refractivity contribution >= 4 is 21.7 Å². The third-order valence-corrected chi connectivity index (χ3v) is 5.12. The standard InChI is InChI=1S/C16H19BrO2/c17-13-6-4-5-12(9-13)11-19-15-10-14(18)16(15)7-2-1-3-8-16/h4-6,9,15H,1-3,7-8,10-11H2. The Morgan fingerprint density at radius 2 is 2.05 bits per heavy atom. The highest BCUT2D eigenvalue weighted by Gasteiger charge is 2.55. The predicted molar refractivity (Wildman–Crippen MR) is 77.9 cm³/mol. The molecule has 0 amide bonds. The Bertz CT molecular complexity index is 477. The largest absolute Gasteiger partial charge is 0.372 e. The maximum atomic E-state index is 12.0. The van der Waals surface area contributed by atoms with Crippen LogP contribution in [-0.4, -0.2) is 11.9 Å². The number of hydrogen-bond donors (Lipinski definition) is 0. The third-order valence-electron chi connectivity index (χ3n) is 4.63. The number of carbonyl (C=O) groups excluding carboxylic acids is 1. The molecule has 1 aromatic carbocycles. The fourth-order valence-corrected chi connectivity index (χ4v) is 3.89. The number of halogens is 1. The van der Waals surface area contributed by atoms with Crippen molar-refractivity contribution in [1.29, 1.82) is 0 Å². The molecule has 2 aliphatic carbocycles. The molecule has 2 fully saturated rings. The molecule has 0 saturated heterocycles. The van der Waals surface area contributed by atoms with E-state index in [1.165, 1.54) is 24.8 Å². The van der Waals surface area contributed by atoms with E-state index in [1.807, 2.05) is 12.1 Å². The molecule has 1 atom stereocenters. The van der Waals surface area contributed by atoms with Gasteiger partial charge in [0, 0.05) is 10.9 Å². The monoisotopic (exact) mass is 322 g/mol. The molecule has 1 aromatic rings. The highest BCUT2D eigenvalue weighted by Crippen LogP contribution is 2.50. The highest BCUT2D eigenvalue weighted by atomic mass is 79.9. The summed E-state index contributed by atoms with van der Waals surface area (Å²) in [6.45, 7) is 0.610. The molecule has 3 rings (SSSR count). The summed E-state index contributed by atoms with van der Waals surface area (Å²) in [6.07, 6.45) is 6.48. The van der Waals surface area contributed by atoms with Crippen molar-refractivity contribution < 1.29 is 9.53 Å². The molecular formula is C16H19BrO2. The van der Waals surface area contributed by atoms with Gasteiger partial charge in [0.15, 0.2) is 0 Å². The molecule has 1 unspecified atom stereocenters. The molecule has 2 nitrogen and oxygen atoms in total. The number of carbonyl (C=O) groups is 1. The van der Waals surface area contributed by atoms with E-state index in [4.69, 9.17) is 4.74 Å². The lowest BCUT2D eigenvalue weighted by molar-refractivity contribution is -0.171. The van der Waals surface area contributed by atoms with Gasteiger partial charge in [-0.2, -0.15) is 0 Å². The Kier molecular flexibility index (Phi) is 3.77. The average molecular weight is 323 g/mol. The van der Waals surface area contributed by atoms with Crippen molar-refractivity contribution in [3.63, 3.8) is 0 Å². The van der Waals surface area contributed by atoms with Crippen LogP contribution in [0.3, 0.4) is 0 Å². The van der Waals surface area contributed by atoms with Crippen LogP contribution in [0.4, 0.5) is 0 Å². The first-order valence-electron chi connectivity index (χ1n) is 7.10. The lowest BCUT2D eigenvalue weighted by atomic mass is 9.57.